The first-order valence-electron chi connectivity index (χ1n) is 6.13. The lowest BCUT2D eigenvalue weighted by Gasteiger charge is -2.04. The molecule has 2 aromatic heterocycles. The van der Waals surface area contributed by atoms with Gasteiger partial charge >= 0.3 is 0 Å². The Kier molecular flexibility index (Phi) is 4.61. The molecule has 2 aromatic rings. The van der Waals surface area contributed by atoms with E-state index >= 15 is 0 Å². The van der Waals surface area contributed by atoms with Crippen LogP contribution in [0.15, 0.2) is 17.6 Å². The molecule has 0 aliphatic rings. The van der Waals surface area contributed by atoms with Gasteiger partial charge < -0.3 is 9.88 Å². The molecule has 2 rings (SSSR count). The summed E-state index contributed by atoms with van der Waals surface area (Å²) in [6, 6.07) is 1.66. The van der Waals surface area contributed by atoms with Crippen molar-refractivity contribution in [2.45, 2.75) is 19.8 Å². The molecule has 0 saturated heterocycles. The van der Waals surface area contributed by atoms with E-state index in [-0.39, 0.29) is 5.91 Å². The van der Waals surface area contributed by atoms with Crippen molar-refractivity contribution in [2.75, 3.05) is 6.54 Å². The second-order valence-corrected chi connectivity index (χ2v) is 5.63. The van der Waals surface area contributed by atoms with Crippen molar-refractivity contribution in [2.24, 2.45) is 7.05 Å². The number of carbonyl (C=O) groups excluding carboxylic acids is 1. The summed E-state index contributed by atoms with van der Waals surface area (Å²) in [6.45, 7) is 2.66. The fourth-order valence-corrected chi connectivity index (χ4v) is 2.88. The molecule has 0 unspecified atom stereocenters. The number of amides is 1. The molecule has 0 fully saturated rings. The van der Waals surface area contributed by atoms with E-state index in [2.05, 4.69) is 22.6 Å². The summed E-state index contributed by atoms with van der Waals surface area (Å²) < 4.78 is 1.72. The molecule has 6 heteroatoms. The lowest BCUT2D eigenvalue weighted by atomic mass is 10.3. The minimum absolute atomic E-state index is 0.110. The quantitative estimate of drug-likeness (QED) is 0.922. The second kappa shape index (κ2) is 6.21. The first kappa shape index (κ1) is 14.1. The molecule has 4 nitrogen and oxygen atoms in total. The zero-order chi connectivity index (χ0) is 13.8. The smallest absolute Gasteiger partial charge is 0.267 e. The summed E-state index contributed by atoms with van der Waals surface area (Å²) in [4.78, 5) is 16.4. The highest BCUT2D eigenvalue weighted by molar-refractivity contribution is 7.09. The number of aryl methyl sites for hydroxylation is 2. The van der Waals surface area contributed by atoms with E-state index in [1.54, 1.807) is 35.2 Å². The van der Waals surface area contributed by atoms with Gasteiger partial charge in [-0.15, -0.1) is 11.3 Å². The van der Waals surface area contributed by atoms with Crippen LogP contribution in [-0.4, -0.2) is 22.0 Å². The van der Waals surface area contributed by atoms with Crippen LogP contribution in [0.5, 0.6) is 0 Å². The predicted molar refractivity (Wildman–Crippen MR) is 78.0 cm³/mol. The molecule has 102 valence electrons. The van der Waals surface area contributed by atoms with E-state index in [0.29, 0.717) is 17.3 Å². The van der Waals surface area contributed by atoms with Gasteiger partial charge in [-0.2, -0.15) is 0 Å². The molecule has 2 heterocycles. The molecule has 0 atom stereocenters. The third kappa shape index (κ3) is 3.58. The summed E-state index contributed by atoms with van der Waals surface area (Å²) in [5, 5.41) is 6.57. The highest BCUT2D eigenvalue weighted by Gasteiger charge is 2.10. The van der Waals surface area contributed by atoms with Gasteiger partial charge in [-0.05, 0) is 12.5 Å². The van der Waals surface area contributed by atoms with E-state index in [1.165, 1.54) is 0 Å². The largest absolute Gasteiger partial charge is 0.350 e. The summed E-state index contributed by atoms with van der Waals surface area (Å²) >= 11 is 7.49. The van der Waals surface area contributed by atoms with Gasteiger partial charge in [-0.1, -0.05) is 18.5 Å². The van der Waals surface area contributed by atoms with Crippen LogP contribution in [0.3, 0.4) is 0 Å². The first-order chi connectivity index (χ1) is 9.10. The first-order valence-corrected chi connectivity index (χ1v) is 7.39. The van der Waals surface area contributed by atoms with Gasteiger partial charge in [0, 0.05) is 31.6 Å². The Balaban J connectivity index is 1.85. The Morgan fingerprint density at radius 2 is 2.37 bits per heavy atom. The minimum Gasteiger partial charge on any atom is -0.350 e. The molecule has 0 radical (unpaired) electrons. The van der Waals surface area contributed by atoms with Crippen LogP contribution in [0.25, 0.3) is 0 Å². The normalized spacial score (nSPS) is 10.7. The number of nitrogens with zero attached hydrogens (tertiary/aromatic N) is 2. The molecule has 0 saturated carbocycles. The van der Waals surface area contributed by atoms with Gasteiger partial charge in [0.15, 0.2) is 0 Å². The van der Waals surface area contributed by atoms with Crippen LogP contribution in [0.2, 0.25) is 5.02 Å². The Labute approximate surface area is 121 Å². The Morgan fingerprint density at radius 1 is 1.58 bits per heavy atom. The van der Waals surface area contributed by atoms with Gasteiger partial charge in [-0.3, -0.25) is 4.79 Å². The van der Waals surface area contributed by atoms with E-state index in [9.17, 15) is 4.79 Å². The molecule has 0 aromatic carbocycles. The van der Waals surface area contributed by atoms with Crippen molar-refractivity contribution in [3.63, 3.8) is 0 Å². The highest BCUT2D eigenvalue weighted by Crippen LogP contribution is 2.13. The van der Waals surface area contributed by atoms with Gasteiger partial charge in [0.25, 0.3) is 5.91 Å². The second-order valence-electron chi connectivity index (χ2n) is 4.25. The van der Waals surface area contributed by atoms with Crippen LogP contribution < -0.4 is 5.32 Å². The van der Waals surface area contributed by atoms with Crippen LogP contribution >= 0.6 is 22.9 Å². The summed E-state index contributed by atoms with van der Waals surface area (Å²) in [5.41, 5.74) is 1.68. The van der Waals surface area contributed by atoms with Crippen molar-refractivity contribution in [1.29, 1.82) is 0 Å². The van der Waals surface area contributed by atoms with Crippen molar-refractivity contribution in [3.8, 4) is 0 Å². The average molecular weight is 298 g/mol. The van der Waals surface area contributed by atoms with Gasteiger partial charge in [0.2, 0.25) is 0 Å². The van der Waals surface area contributed by atoms with Gasteiger partial charge in [0.05, 0.1) is 15.7 Å². The maximum absolute atomic E-state index is 11.9. The fraction of sp³-hybridized carbons (Fsp3) is 0.385. The summed E-state index contributed by atoms with van der Waals surface area (Å²) in [6.07, 6.45) is 3.42. The number of halogens is 1. The number of thiazole rings is 1. The van der Waals surface area contributed by atoms with Crippen molar-refractivity contribution >= 4 is 28.8 Å². The van der Waals surface area contributed by atoms with Crippen LogP contribution in [-0.2, 0) is 19.9 Å². The highest BCUT2D eigenvalue weighted by atomic mass is 35.5. The molecule has 0 aliphatic carbocycles. The molecular weight excluding hydrogens is 282 g/mol. The summed E-state index contributed by atoms with van der Waals surface area (Å²) in [7, 11) is 1.80. The Morgan fingerprint density at radius 3 is 2.95 bits per heavy atom. The van der Waals surface area contributed by atoms with E-state index in [1.807, 2.05) is 0 Å². The number of rotatable bonds is 5. The number of hydrogen-bond donors (Lipinski definition) is 1. The maximum Gasteiger partial charge on any atom is 0.267 e. The SMILES string of the molecule is CCc1csc(CCNC(=O)c2cc(Cl)cn2C)n1. The lowest BCUT2D eigenvalue weighted by molar-refractivity contribution is 0.0946. The minimum atomic E-state index is -0.110. The fourth-order valence-electron chi connectivity index (χ4n) is 1.75. The van der Waals surface area contributed by atoms with Crippen molar-refractivity contribution in [1.82, 2.24) is 14.9 Å². The Bertz CT molecular complexity index is 576. The molecular formula is C13H16ClN3OS. The number of carbonyl (C=O) groups is 1. The molecule has 19 heavy (non-hydrogen) atoms. The predicted octanol–water partition coefficient (Wildman–Crippen LogP) is 2.67. The Hall–Kier alpha value is -1.33. The maximum atomic E-state index is 11.9. The zero-order valence-electron chi connectivity index (χ0n) is 10.9. The summed E-state index contributed by atoms with van der Waals surface area (Å²) in [5.74, 6) is -0.110. The average Bonchev–Trinajstić information content (AvgIpc) is 2.95. The van der Waals surface area contributed by atoms with Crippen LogP contribution in [0.4, 0.5) is 0 Å². The third-order valence-electron chi connectivity index (χ3n) is 2.79. The molecule has 1 amide bonds. The topological polar surface area (TPSA) is 46.9 Å². The number of hydrogen-bond acceptors (Lipinski definition) is 3. The monoisotopic (exact) mass is 297 g/mol. The zero-order valence-corrected chi connectivity index (χ0v) is 12.5. The van der Waals surface area contributed by atoms with Crippen LogP contribution in [0, 0.1) is 0 Å². The lowest BCUT2D eigenvalue weighted by Crippen LogP contribution is -2.27. The van der Waals surface area contributed by atoms with Crippen molar-refractivity contribution < 1.29 is 4.79 Å². The molecule has 1 N–H and O–H groups in total. The van der Waals surface area contributed by atoms with Crippen molar-refractivity contribution in [3.05, 3.63) is 39.1 Å². The van der Waals surface area contributed by atoms with E-state index in [0.717, 1.165) is 23.5 Å². The standard InChI is InChI=1S/C13H16ClN3OS/c1-3-10-8-19-12(16-10)4-5-15-13(18)11-6-9(14)7-17(11)2/h6-8H,3-5H2,1-2H3,(H,15,18). The number of nitrogens with one attached hydrogen (secondary N) is 1. The molecule has 0 spiro atoms. The van der Waals surface area contributed by atoms with Crippen LogP contribution in [0.1, 0.15) is 28.1 Å². The van der Waals surface area contributed by atoms with Gasteiger partial charge in [-0.25, -0.2) is 4.98 Å². The van der Waals surface area contributed by atoms with Gasteiger partial charge in [0.1, 0.15) is 5.69 Å². The molecule has 0 bridgehead atoms. The van der Waals surface area contributed by atoms with E-state index < -0.39 is 0 Å². The third-order valence-corrected chi connectivity index (χ3v) is 3.95. The number of aromatic nitrogens is 2. The molecule has 0 aliphatic heterocycles. The van der Waals surface area contributed by atoms with E-state index in [4.69, 9.17) is 11.6 Å².